The summed E-state index contributed by atoms with van der Waals surface area (Å²) in [5.41, 5.74) is 0. The van der Waals surface area contributed by atoms with Crippen molar-refractivity contribution in [2.45, 2.75) is 0 Å². The summed E-state index contributed by atoms with van der Waals surface area (Å²) in [6.07, 6.45) is 0. The molecule has 0 aliphatic heterocycles. The van der Waals surface area contributed by atoms with E-state index >= 15 is 0 Å². The Kier molecular flexibility index (Phi) is 6.65. The summed E-state index contributed by atoms with van der Waals surface area (Å²) < 4.78 is 4.52. The van der Waals surface area contributed by atoms with Crippen molar-refractivity contribution < 1.29 is 27.2 Å². The van der Waals surface area contributed by atoms with Gasteiger partial charge in [0.1, 0.15) is 0 Å². The molecule has 0 saturated heterocycles. The summed E-state index contributed by atoms with van der Waals surface area (Å²) in [6, 6.07) is 6.92. The first kappa shape index (κ1) is 12.5. The molecular formula is C9H9ClO2Zn. The fourth-order valence-corrected chi connectivity index (χ4v) is 0.759. The fourth-order valence-electron chi connectivity index (χ4n) is 0.759. The van der Waals surface area contributed by atoms with Gasteiger partial charge in [-0.1, -0.05) is 30.8 Å². The second-order valence-electron chi connectivity index (χ2n) is 2.19. The van der Waals surface area contributed by atoms with E-state index in [1.54, 1.807) is 24.3 Å². The van der Waals surface area contributed by atoms with Crippen LogP contribution in [0.3, 0.4) is 0 Å². The normalized spacial score (nSPS) is 8.31. The molecule has 0 aliphatic carbocycles. The first-order valence-electron chi connectivity index (χ1n) is 3.51. The Hall–Kier alpha value is -0.527. The molecule has 1 aromatic rings. The second-order valence-corrected chi connectivity index (χ2v) is 2.19. The summed E-state index contributed by atoms with van der Waals surface area (Å²) in [6.45, 7) is 3.69. The zero-order chi connectivity index (χ0) is 10.3. The number of hydrogen-bond donors (Lipinski definition) is 0. The molecule has 0 radical (unpaired) electrons. The number of methoxy groups -OCH3 is 1. The topological polar surface area (TPSA) is 32.3 Å². The molecule has 0 heterocycles. The van der Waals surface area contributed by atoms with Crippen LogP contribution in [0.1, 0.15) is 0 Å². The minimum absolute atomic E-state index is 0.315. The average Bonchev–Trinajstić information content (AvgIpc) is 2.21. The van der Waals surface area contributed by atoms with Crippen molar-refractivity contribution in [1.82, 2.24) is 0 Å². The van der Waals surface area contributed by atoms with Crippen molar-refractivity contribution in [2.75, 3.05) is 7.11 Å². The molecule has 0 amide bonds. The zero-order valence-electron chi connectivity index (χ0n) is 7.42. The SMILES string of the molecule is C=c1ccc(=C([O-])OC)cc1.[Cl][Zn+]. The fraction of sp³-hybridized carbons (Fsp3) is 0.111. The Morgan fingerprint density at radius 1 is 1.38 bits per heavy atom. The van der Waals surface area contributed by atoms with Gasteiger partial charge in [0.15, 0.2) is 0 Å². The van der Waals surface area contributed by atoms with Gasteiger partial charge in [0.05, 0.1) is 5.95 Å². The Morgan fingerprint density at radius 2 is 1.85 bits per heavy atom. The van der Waals surface area contributed by atoms with Crippen molar-refractivity contribution in [3.05, 3.63) is 34.7 Å². The summed E-state index contributed by atoms with van der Waals surface area (Å²) in [7, 11) is 6.13. The van der Waals surface area contributed by atoms with E-state index < -0.39 is 0 Å². The summed E-state index contributed by atoms with van der Waals surface area (Å²) in [5, 5.41) is 12.3. The first-order chi connectivity index (χ1) is 6.24. The van der Waals surface area contributed by atoms with E-state index in [-0.39, 0.29) is 5.95 Å². The Balaban J connectivity index is 0.000000671. The van der Waals surface area contributed by atoms with E-state index in [1.807, 2.05) is 0 Å². The van der Waals surface area contributed by atoms with Gasteiger partial charge < -0.3 is 9.84 Å². The van der Waals surface area contributed by atoms with Crippen molar-refractivity contribution >= 4 is 22.2 Å². The van der Waals surface area contributed by atoms with Gasteiger partial charge >= 0.3 is 27.0 Å². The number of benzene rings is 1. The molecule has 66 valence electrons. The van der Waals surface area contributed by atoms with E-state index in [2.05, 4.69) is 11.3 Å². The molecule has 0 atom stereocenters. The maximum absolute atomic E-state index is 10.9. The van der Waals surface area contributed by atoms with Crippen LogP contribution >= 0.6 is 9.69 Å². The molecule has 0 aliphatic rings. The Morgan fingerprint density at radius 3 is 2.23 bits per heavy atom. The second kappa shape index (κ2) is 6.93. The van der Waals surface area contributed by atoms with E-state index in [1.165, 1.54) is 7.11 Å². The number of rotatable bonds is 1. The van der Waals surface area contributed by atoms with Crippen molar-refractivity contribution in [2.24, 2.45) is 0 Å². The van der Waals surface area contributed by atoms with Gasteiger partial charge in [0, 0.05) is 0 Å². The molecule has 0 bridgehead atoms. The van der Waals surface area contributed by atoms with Gasteiger partial charge in [-0.05, 0) is 17.5 Å². The van der Waals surface area contributed by atoms with Gasteiger partial charge in [0.2, 0.25) is 0 Å². The summed E-state index contributed by atoms with van der Waals surface area (Å²) >= 11 is 0.847. The van der Waals surface area contributed by atoms with Crippen LogP contribution < -0.4 is 15.5 Å². The third kappa shape index (κ3) is 4.30. The average molecular weight is 250 g/mol. The number of ether oxygens (including phenoxy) is 1. The van der Waals surface area contributed by atoms with E-state index in [0.29, 0.717) is 5.22 Å². The van der Waals surface area contributed by atoms with Gasteiger partial charge in [0.25, 0.3) is 0 Å². The zero-order valence-corrected chi connectivity index (χ0v) is 11.1. The molecule has 0 fully saturated rings. The third-order valence-electron chi connectivity index (χ3n) is 1.38. The van der Waals surface area contributed by atoms with Crippen molar-refractivity contribution in [1.29, 1.82) is 0 Å². The molecule has 0 saturated carbocycles. The molecule has 4 heteroatoms. The van der Waals surface area contributed by atoms with Crippen molar-refractivity contribution in [3.8, 4) is 0 Å². The monoisotopic (exact) mass is 248 g/mol. The predicted octanol–water partition coefficient (Wildman–Crippen LogP) is -0.144. The van der Waals surface area contributed by atoms with Crippen LogP contribution in [-0.2, 0) is 22.0 Å². The molecule has 2 nitrogen and oxygen atoms in total. The van der Waals surface area contributed by atoms with Gasteiger partial charge in [-0.25, -0.2) is 0 Å². The maximum atomic E-state index is 10.9. The van der Waals surface area contributed by atoms with Crippen LogP contribution in [0.15, 0.2) is 24.3 Å². The molecular weight excluding hydrogens is 241 g/mol. The molecule has 13 heavy (non-hydrogen) atoms. The van der Waals surface area contributed by atoms with Crippen LogP contribution in [0.4, 0.5) is 0 Å². The number of hydrogen-bond acceptors (Lipinski definition) is 2. The summed E-state index contributed by atoms with van der Waals surface area (Å²) in [5.74, 6) is -0.315. The minimum atomic E-state index is -0.315. The molecule has 1 rings (SSSR count). The van der Waals surface area contributed by atoms with Crippen molar-refractivity contribution in [3.63, 3.8) is 0 Å². The molecule has 0 spiro atoms. The van der Waals surface area contributed by atoms with Crippen LogP contribution in [0.5, 0.6) is 0 Å². The molecule has 0 unspecified atom stereocenters. The molecule has 1 aromatic carbocycles. The van der Waals surface area contributed by atoms with Crippen LogP contribution in [0, 0.1) is 0 Å². The first-order valence-corrected chi connectivity index (χ1v) is 7.41. The quantitative estimate of drug-likeness (QED) is 0.649. The third-order valence-corrected chi connectivity index (χ3v) is 1.38. The van der Waals surface area contributed by atoms with Gasteiger partial charge in [-0.3, -0.25) is 0 Å². The Labute approximate surface area is 91.2 Å². The van der Waals surface area contributed by atoms with Crippen LogP contribution in [-0.4, -0.2) is 7.11 Å². The predicted molar refractivity (Wildman–Crippen MR) is 47.5 cm³/mol. The van der Waals surface area contributed by atoms with Gasteiger partial charge in [-0.15, -0.1) is 0 Å². The van der Waals surface area contributed by atoms with E-state index in [4.69, 9.17) is 9.69 Å². The standard InChI is InChI=1S/C9H10O2.ClH.Zn/c1-7-3-5-8(6-4-7)9(10)11-2;;/h3-6,10H,1H2,2H3;1H;/q;;+2/p-2. The molecule has 0 aromatic heterocycles. The number of halogens is 1. The van der Waals surface area contributed by atoms with E-state index in [0.717, 1.165) is 22.5 Å². The van der Waals surface area contributed by atoms with Crippen LogP contribution in [0.2, 0.25) is 0 Å². The molecule has 0 N–H and O–H groups in total. The Bertz CT molecular complexity index is 328. The van der Waals surface area contributed by atoms with E-state index in [9.17, 15) is 5.11 Å². The summed E-state index contributed by atoms with van der Waals surface area (Å²) in [4.78, 5) is 0. The van der Waals surface area contributed by atoms with Crippen LogP contribution in [0.25, 0.3) is 12.5 Å². The van der Waals surface area contributed by atoms with Gasteiger partial charge in [-0.2, -0.15) is 0 Å².